The van der Waals surface area contributed by atoms with Crippen LogP contribution in [0.4, 0.5) is 0 Å². The van der Waals surface area contributed by atoms with E-state index in [1.54, 1.807) is 0 Å². The molecule has 0 atom stereocenters. The highest BCUT2D eigenvalue weighted by Gasteiger charge is 2.20. The van der Waals surface area contributed by atoms with Crippen molar-refractivity contribution in [2.24, 2.45) is 0 Å². The first-order valence-corrected chi connectivity index (χ1v) is 7.13. The fourth-order valence-corrected chi connectivity index (χ4v) is 2.74. The van der Waals surface area contributed by atoms with Crippen molar-refractivity contribution in [3.8, 4) is 11.1 Å². The van der Waals surface area contributed by atoms with Crippen molar-refractivity contribution in [1.29, 1.82) is 0 Å². The number of carbonyl (C=O) groups is 2. The van der Waals surface area contributed by atoms with Crippen LogP contribution in [0.25, 0.3) is 11.1 Å². The smallest absolute Gasteiger partial charge is 0.302 e. The van der Waals surface area contributed by atoms with Crippen LogP contribution < -0.4 is 0 Å². The van der Waals surface area contributed by atoms with E-state index in [4.69, 9.17) is 4.74 Å². The van der Waals surface area contributed by atoms with Gasteiger partial charge in [-0.25, -0.2) is 0 Å². The summed E-state index contributed by atoms with van der Waals surface area (Å²) < 4.78 is 4.83. The Bertz CT molecular complexity index is 787. The topological polar surface area (TPSA) is 43.4 Å². The zero-order chi connectivity index (χ0) is 15.7. The number of carbonyl (C=O) groups excluding carboxylic acids is 2. The van der Waals surface area contributed by atoms with Gasteiger partial charge in [0.2, 0.25) is 0 Å². The molecule has 3 heteroatoms. The molecule has 2 aromatic carbocycles. The Kier molecular flexibility index (Phi) is 3.63. The van der Waals surface area contributed by atoms with Crippen LogP contribution in [-0.4, -0.2) is 18.4 Å². The number of rotatable bonds is 4. The Morgan fingerprint density at radius 2 is 1.82 bits per heavy atom. The van der Waals surface area contributed by atoms with Gasteiger partial charge in [-0.3, -0.25) is 9.59 Å². The van der Waals surface area contributed by atoms with Gasteiger partial charge in [0, 0.05) is 18.1 Å². The first-order chi connectivity index (χ1) is 10.6. The molecule has 2 aromatic rings. The summed E-state index contributed by atoms with van der Waals surface area (Å²) in [6.45, 7) is 4.96. The second kappa shape index (κ2) is 5.60. The van der Waals surface area contributed by atoms with Crippen LogP contribution >= 0.6 is 0 Å². The van der Waals surface area contributed by atoms with Crippen molar-refractivity contribution in [2.75, 3.05) is 6.61 Å². The molecule has 0 radical (unpaired) electrons. The van der Waals surface area contributed by atoms with E-state index in [1.165, 1.54) is 23.6 Å². The van der Waals surface area contributed by atoms with Crippen molar-refractivity contribution in [3.05, 3.63) is 71.3 Å². The van der Waals surface area contributed by atoms with Gasteiger partial charge in [0.25, 0.3) is 0 Å². The van der Waals surface area contributed by atoms with E-state index in [2.05, 4.69) is 18.7 Å². The van der Waals surface area contributed by atoms with Crippen molar-refractivity contribution in [2.45, 2.75) is 13.3 Å². The predicted molar refractivity (Wildman–Crippen MR) is 84.8 cm³/mol. The monoisotopic (exact) mass is 292 g/mol. The average Bonchev–Trinajstić information content (AvgIpc) is 2.89. The van der Waals surface area contributed by atoms with Crippen molar-refractivity contribution < 1.29 is 14.3 Å². The summed E-state index contributed by atoms with van der Waals surface area (Å²) in [7, 11) is 0. The van der Waals surface area contributed by atoms with Crippen LogP contribution in [0.1, 0.15) is 28.4 Å². The summed E-state index contributed by atoms with van der Waals surface area (Å²) in [5.41, 5.74) is 5.70. The summed E-state index contributed by atoms with van der Waals surface area (Å²) in [6.07, 6.45) is 0.836. The minimum atomic E-state index is -0.418. The highest BCUT2D eigenvalue weighted by molar-refractivity contribution is 6.09. The maximum atomic E-state index is 12.3. The highest BCUT2D eigenvalue weighted by atomic mass is 16.5. The van der Waals surface area contributed by atoms with Gasteiger partial charge in [-0.05, 0) is 34.7 Å². The van der Waals surface area contributed by atoms with E-state index in [9.17, 15) is 9.59 Å². The van der Waals surface area contributed by atoms with Gasteiger partial charge in [0.05, 0.1) is 0 Å². The number of ketones is 1. The lowest BCUT2D eigenvalue weighted by atomic mass is 9.99. The lowest BCUT2D eigenvalue weighted by Crippen LogP contribution is -2.11. The fraction of sp³-hybridized carbons (Fsp3) is 0.158. The summed E-state index contributed by atoms with van der Waals surface area (Å²) in [4.78, 5) is 23.2. The average molecular weight is 292 g/mol. The van der Waals surface area contributed by atoms with Gasteiger partial charge in [0.15, 0.2) is 5.78 Å². The van der Waals surface area contributed by atoms with Gasteiger partial charge >= 0.3 is 5.97 Å². The number of hydrogen-bond donors (Lipinski definition) is 0. The molecule has 110 valence electrons. The molecule has 0 fully saturated rings. The van der Waals surface area contributed by atoms with E-state index in [-0.39, 0.29) is 18.0 Å². The van der Waals surface area contributed by atoms with E-state index in [0.717, 1.165) is 12.0 Å². The molecule has 0 spiro atoms. The second-order valence-corrected chi connectivity index (χ2v) is 5.42. The number of esters is 1. The standard InChI is InChI=1S/C19H16O3/c1-12(11-22-13(2)20)19(21)15-7-8-18-16(10-15)9-14-5-3-4-6-17(14)18/h3-8,10H,1,9,11H2,2H3. The molecule has 0 saturated carbocycles. The minimum absolute atomic E-state index is 0.0640. The first-order valence-electron chi connectivity index (χ1n) is 7.13. The Balaban J connectivity index is 1.84. The Morgan fingerprint density at radius 3 is 2.59 bits per heavy atom. The van der Waals surface area contributed by atoms with Crippen LogP contribution in [0.3, 0.4) is 0 Å². The Labute approximate surface area is 129 Å². The number of fused-ring (bicyclic) bond motifs is 3. The van der Waals surface area contributed by atoms with Crippen LogP contribution in [0.15, 0.2) is 54.6 Å². The zero-order valence-corrected chi connectivity index (χ0v) is 12.4. The molecule has 0 unspecified atom stereocenters. The molecule has 0 bridgehead atoms. The normalized spacial score (nSPS) is 11.5. The quantitative estimate of drug-likeness (QED) is 0.419. The largest absolute Gasteiger partial charge is 0.461 e. The fourth-order valence-electron chi connectivity index (χ4n) is 2.74. The third kappa shape index (κ3) is 2.58. The zero-order valence-electron chi connectivity index (χ0n) is 12.4. The molecule has 1 aliphatic carbocycles. The van der Waals surface area contributed by atoms with Gasteiger partial charge in [-0.15, -0.1) is 0 Å². The molecule has 0 N–H and O–H groups in total. The molecule has 3 rings (SSSR count). The Hall–Kier alpha value is -2.68. The maximum Gasteiger partial charge on any atom is 0.302 e. The van der Waals surface area contributed by atoms with Gasteiger partial charge in [-0.1, -0.05) is 43.0 Å². The van der Waals surface area contributed by atoms with Gasteiger partial charge < -0.3 is 4.74 Å². The molecule has 0 aromatic heterocycles. The molecule has 0 saturated heterocycles. The van der Waals surface area contributed by atoms with Crippen LogP contribution in [0.5, 0.6) is 0 Å². The molecule has 1 aliphatic rings. The van der Waals surface area contributed by atoms with Crippen molar-refractivity contribution >= 4 is 11.8 Å². The van der Waals surface area contributed by atoms with Gasteiger partial charge in [0.1, 0.15) is 6.61 Å². The number of Topliss-reactive ketones (excluding diaryl/α,β-unsaturated/α-hetero) is 1. The third-order valence-electron chi connectivity index (χ3n) is 3.83. The molecular weight excluding hydrogens is 276 g/mol. The molecule has 22 heavy (non-hydrogen) atoms. The van der Waals surface area contributed by atoms with Crippen LogP contribution in [0.2, 0.25) is 0 Å². The SMILES string of the molecule is C=C(COC(C)=O)C(=O)c1ccc2c(c1)Cc1ccccc1-2. The third-order valence-corrected chi connectivity index (χ3v) is 3.83. The predicted octanol–water partition coefficient (Wildman–Crippen LogP) is 3.56. The Morgan fingerprint density at radius 1 is 1.09 bits per heavy atom. The molecule has 0 amide bonds. The lowest BCUT2D eigenvalue weighted by molar-refractivity contribution is -0.139. The second-order valence-electron chi connectivity index (χ2n) is 5.42. The summed E-state index contributed by atoms with van der Waals surface area (Å²) in [6, 6.07) is 14.0. The maximum absolute atomic E-state index is 12.3. The molecular formula is C19H16O3. The van der Waals surface area contributed by atoms with E-state index in [0.29, 0.717) is 5.56 Å². The number of hydrogen-bond acceptors (Lipinski definition) is 3. The summed E-state index contributed by atoms with van der Waals surface area (Å²) in [5, 5.41) is 0. The molecule has 0 heterocycles. The number of ether oxygens (including phenoxy) is 1. The lowest BCUT2D eigenvalue weighted by Gasteiger charge is -2.07. The number of benzene rings is 2. The minimum Gasteiger partial charge on any atom is -0.461 e. The van der Waals surface area contributed by atoms with E-state index in [1.807, 2.05) is 30.3 Å². The highest BCUT2D eigenvalue weighted by Crippen LogP contribution is 2.36. The summed E-state index contributed by atoms with van der Waals surface area (Å²) in [5.74, 6) is -0.599. The van der Waals surface area contributed by atoms with E-state index < -0.39 is 5.97 Å². The molecule has 3 nitrogen and oxygen atoms in total. The van der Waals surface area contributed by atoms with Crippen molar-refractivity contribution in [3.63, 3.8) is 0 Å². The van der Waals surface area contributed by atoms with Gasteiger partial charge in [-0.2, -0.15) is 0 Å². The first kappa shape index (κ1) is 14.3. The van der Waals surface area contributed by atoms with Crippen LogP contribution in [0, 0.1) is 0 Å². The summed E-state index contributed by atoms with van der Waals surface area (Å²) >= 11 is 0. The van der Waals surface area contributed by atoms with Crippen LogP contribution in [-0.2, 0) is 16.0 Å². The van der Waals surface area contributed by atoms with E-state index >= 15 is 0 Å². The molecule has 0 aliphatic heterocycles. The van der Waals surface area contributed by atoms with Crippen molar-refractivity contribution in [1.82, 2.24) is 0 Å².